The zero-order chi connectivity index (χ0) is 10.4. The van der Waals surface area contributed by atoms with Crippen molar-refractivity contribution in [3.63, 3.8) is 0 Å². The highest BCUT2D eigenvalue weighted by Crippen LogP contribution is 2.26. The van der Waals surface area contributed by atoms with Crippen molar-refractivity contribution in [2.75, 3.05) is 13.6 Å². The third kappa shape index (κ3) is 3.01. The Labute approximate surface area is 85.9 Å². The summed E-state index contributed by atoms with van der Waals surface area (Å²) in [6, 6.07) is 5.09. The van der Waals surface area contributed by atoms with Crippen molar-refractivity contribution in [2.24, 2.45) is 5.92 Å². The summed E-state index contributed by atoms with van der Waals surface area (Å²) in [5.74, 6) is 0.274. The van der Waals surface area contributed by atoms with Gasteiger partial charge in [0.2, 0.25) is 0 Å². The Morgan fingerprint density at radius 3 is 2.36 bits per heavy atom. The van der Waals surface area contributed by atoms with Gasteiger partial charge in [0.15, 0.2) is 0 Å². The molecule has 0 amide bonds. The van der Waals surface area contributed by atoms with E-state index in [2.05, 4.69) is 24.1 Å². The number of hydrogen-bond donors (Lipinski definition) is 0. The van der Waals surface area contributed by atoms with Crippen molar-refractivity contribution in [1.82, 2.24) is 4.90 Å². The highest BCUT2D eigenvalue weighted by Gasteiger charge is 2.23. The first-order valence-corrected chi connectivity index (χ1v) is 5.24. The lowest BCUT2D eigenvalue weighted by Crippen LogP contribution is -2.35. The van der Waals surface area contributed by atoms with E-state index in [1.165, 1.54) is 0 Å². The Morgan fingerprint density at radius 1 is 1.21 bits per heavy atom. The van der Waals surface area contributed by atoms with Gasteiger partial charge in [-0.05, 0) is 32.7 Å². The molecule has 1 rings (SSSR count). The van der Waals surface area contributed by atoms with Crippen molar-refractivity contribution in [2.45, 2.75) is 38.1 Å². The van der Waals surface area contributed by atoms with Gasteiger partial charge in [0.05, 0.1) is 12.1 Å². The number of nitrogens with zero attached hydrogens (tertiary/aromatic N) is 3. The molecule has 0 aromatic heterocycles. The molecule has 0 N–H and O–H groups in total. The molecule has 1 aliphatic rings. The van der Waals surface area contributed by atoms with E-state index in [0.717, 1.165) is 32.2 Å². The molecule has 1 fully saturated rings. The van der Waals surface area contributed by atoms with E-state index < -0.39 is 0 Å². The summed E-state index contributed by atoms with van der Waals surface area (Å²) in [6.07, 6.45) is 4.88. The van der Waals surface area contributed by atoms with E-state index in [0.29, 0.717) is 12.5 Å². The third-order valence-electron chi connectivity index (χ3n) is 3.08. The molecule has 0 aromatic carbocycles. The molecule has 0 bridgehead atoms. The zero-order valence-electron chi connectivity index (χ0n) is 8.74. The maximum Gasteiger partial charge on any atom is 0.0655 e. The average molecular weight is 191 g/mol. The summed E-state index contributed by atoms with van der Waals surface area (Å²) in [4.78, 5) is 2.26. The van der Waals surface area contributed by atoms with Crippen molar-refractivity contribution in [3.05, 3.63) is 0 Å². The summed E-state index contributed by atoms with van der Waals surface area (Å²) < 4.78 is 0. The molecule has 0 radical (unpaired) electrons. The van der Waals surface area contributed by atoms with E-state index in [-0.39, 0.29) is 5.92 Å². The first-order chi connectivity index (χ1) is 6.77. The van der Waals surface area contributed by atoms with Gasteiger partial charge in [-0.2, -0.15) is 10.5 Å². The van der Waals surface area contributed by atoms with E-state index >= 15 is 0 Å². The molecule has 3 nitrogen and oxygen atoms in total. The second-order valence-electron chi connectivity index (χ2n) is 4.02. The smallest absolute Gasteiger partial charge is 0.0655 e. The van der Waals surface area contributed by atoms with Gasteiger partial charge in [0.1, 0.15) is 0 Å². The van der Waals surface area contributed by atoms with Gasteiger partial charge in [0.25, 0.3) is 0 Å². The predicted octanol–water partition coefficient (Wildman–Crippen LogP) is 1.91. The molecule has 0 atom stereocenters. The molecule has 0 aromatic rings. The minimum Gasteiger partial charge on any atom is -0.302 e. The average Bonchev–Trinajstić information content (AvgIpc) is 2.26. The van der Waals surface area contributed by atoms with Crippen molar-refractivity contribution >= 4 is 0 Å². The fourth-order valence-electron chi connectivity index (χ4n) is 2.05. The second-order valence-corrected chi connectivity index (χ2v) is 4.02. The van der Waals surface area contributed by atoms with Crippen LogP contribution in [0.5, 0.6) is 0 Å². The van der Waals surface area contributed by atoms with Crippen LogP contribution in [-0.4, -0.2) is 24.5 Å². The van der Waals surface area contributed by atoms with Crippen LogP contribution in [0.15, 0.2) is 0 Å². The Balaban J connectivity index is 2.28. The maximum atomic E-state index is 8.75. The molecule has 1 aliphatic carbocycles. The lowest BCUT2D eigenvalue weighted by atomic mass is 9.86. The van der Waals surface area contributed by atoms with Gasteiger partial charge in [-0.1, -0.05) is 0 Å². The zero-order valence-corrected chi connectivity index (χ0v) is 8.74. The summed E-state index contributed by atoms with van der Waals surface area (Å²) >= 11 is 0. The first kappa shape index (κ1) is 11.0. The fraction of sp³-hybridized carbons (Fsp3) is 0.818. The Bertz CT molecular complexity index is 240. The molecule has 3 heteroatoms. The molecule has 0 spiro atoms. The molecule has 0 heterocycles. The minimum atomic E-state index is 0.274. The van der Waals surface area contributed by atoms with Crippen molar-refractivity contribution < 1.29 is 0 Å². The minimum absolute atomic E-state index is 0.274. The lowest BCUT2D eigenvalue weighted by molar-refractivity contribution is 0.181. The van der Waals surface area contributed by atoms with Crippen LogP contribution in [0, 0.1) is 28.6 Å². The van der Waals surface area contributed by atoms with Crippen molar-refractivity contribution in [3.8, 4) is 12.1 Å². The maximum absolute atomic E-state index is 8.75. The van der Waals surface area contributed by atoms with Crippen LogP contribution in [-0.2, 0) is 0 Å². The molecular weight excluding hydrogens is 174 g/mol. The predicted molar refractivity (Wildman–Crippen MR) is 54.2 cm³/mol. The van der Waals surface area contributed by atoms with Crippen LogP contribution < -0.4 is 0 Å². The molecule has 14 heavy (non-hydrogen) atoms. The van der Waals surface area contributed by atoms with E-state index in [4.69, 9.17) is 10.5 Å². The van der Waals surface area contributed by atoms with Gasteiger partial charge >= 0.3 is 0 Å². The van der Waals surface area contributed by atoms with Gasteiger partial charge < -0.3 is 4.90 Å². The van der Waals surface area contributed by atoms with Crippen LogP contribution in [0.25, 0.3) is 0 Å². The second kappa shape index (κ2) is 5.62. The van der Waals surface area contributed by atoms with Crippen LogP contribution in [0.2, 0.25) is 0 Å². The monoisotopic (exact) mass is 191 g/mol. The van der Waals surface area contributed by atoms with Gasteiger partial charge in [-0.15, -0.1) is 0 Å². The Morgan fingerprint density at radius 2 is 1.86 bits per heavy atom. The Hall–Kier alpha value is -1.06. The van der Waals surface area contributed by atoms with Gasteiger partial charge in [-0.25, -0.2) is 0 Å². The van der Waals surface area contributed by atoms with Gasteiger partial charge in [0, 0.05) is 24.9 Å². The topological polar surface area (TPSA) is 50.8 Å². The molecule has 76 valence electrons. The van der Waals surface area contributed by atoms with Crippen LogP contribution in [0.3, 0.4) is 0 Å². The molecule has 0 aliphatic heterocycles. The van der Waals surface area contributed by atoms with E-state index in [1.807, 2.05) is 0 Å². The molecule has 1 saturated carbocycles. The Kier molecular flexibility index (Phi) is 4.43. The summed E-state index contributed by atoms with van der Waals surface area (Å²) in [5.41, 5.74) is 0. The normalized spacial score (nSPS) is 26.9. The largest absolute Gasteiger partial charge is 0.302 e. The van der Waals surface area contributed by atoms with Crippen LogP contribution in [0.1, 0.15) is 32.1 Å². The number of hydrogen-bond acceptors (Lipinski definition) is 3. The fourth-order valence-corrected chi connectivity index (χ4v) is 2.05. The quantitative estimate of drug-likeness (QED) is 0.684. The lowest BCUT2D eigenvalue weighted by Gasteiger charge is -2.32. The SMILES string of the molecule is CN(CCC#N)C1CCC(C#N)CC1. The standard InChI is InChI=1S/C11H17N3/c1-14(8-2-7-12)11-5-3-10(9-13)4-6-11/h10-11H,2-6,8H2,1H3. The number of nitriles is 2. The highest BCUT2D eigenvalue weighted by atomic mass is 15.1. The highest BCUT2D eigenvalue weighted by molar-refractivity contribution is 4.89. The summed E-state index contributed by atoms with van der Waals surface area (Å²) in [6.45, 7) is 0.860. The van der Waals surface area contributed by atoms with Crippen LogP contribution >= 0.6 is 0 Å². The van der Waals surface area contributed by atoms with Crippen LogP contribution in [0.4, 0.5) is 0 Å². The number of rotatable bonds is 3. The molecule has 0 saturated heterocycles. The van der Waals surface area contributed by atoms with Gasteiger partial charge in [-0.3, -0.25) is 0 Å². The van der Waals surface area contributed by atoms with E-state index in [1.54, 1.807) is 0 Å². The third-order valence-corrected chi connectivity index (χ3v) is 3.08. The molecular formula is C11H17N3. The summed E-state index contributed by atoms with van der Waals surface area (Å²) in [7, 11) is 2.08. The summed E-state index contributed by atoms with van der Waals surface area (Å²) in [5, 5.41) is 17.2. The first-order valence-electron chi connectivity index (χ1n) is 5.24. The van der Waals surface area contributed by atoms with E-state index in [9.17, 15) is 0 Å². The molecule has 0 unspecified atom stereocenters. The van der Waals surface area contributed by atoms with Crippen molar-refractivity contribution in [1.29, 1.82) is 10.5 Å².